The predicted molar refractivity (Wildman–Crippen MR) is 137 cm³/mol. The van der Waals surface area contributed by atoms with E-state index in [-0.39, 0.29) is 42.0 Å². The Bertz CT molecular complexity index is 1180. The number of nitrogens with zero attached hydrogens (tertiary/aromatic N) is 1. The number of ether oxygens (including phenoxy) is 1. The molecule has 1 saturated heterocycles. The Morgan fingerprint density at radius 3 is 2.05 bits per heavy atom. The molecule has 1 aliphatic carbocycles. The van der Waals surface area contributed by atoms with Gasteiger partial charge in [0.2, 0.25) is 5.91 Å². The van der Waals surface area contributed by atoms with Crippen molar-refractivity contribution in [1.29, 1.82) is 0 Å². The van der Waals surface area contributed by atoms with Crippen molar-refractivity contribution in [1.82, 2.24) is 10.2 Å². The topological polar surface area (TPSA) is 78.9 Å². The summed E-state index contributed by atoms with van der Waals surface area (Å²) in [6.07, 6.45) is -10.1. The van der Waals surface area contributed by atoms with Gasteiger partial charge in [0, 0.05) is 31.0 Å². The Kier molecular flexibility index (Phi) is 9.20. The maximum absolute atomic E-state index is 13.4. The minimum atomic E-state index is -4.96. The number of carboxylic acid groups (broad SMARTS) is 1. The van der Waals surface area contributed by atoms with Crippen LogP contribution in [0, 0.1) is 5.92 Å². The lowest BCUT2D eigenvalue weighted by Crippen LogP contribution is -2.49. The van der Waals surface area contributed by atoms with Gasteiger partial charge in [-0.05, 0) is 68.4 Å². The Labute approximate surface area is 233 Å². The van der Waals surface area contributed by atoms with Crippen molar-refractivity contribution in [3.8, 4) is 0 Å². The summed E-state index contributed by atoms with van der Waals surface area (Å²) in [7, 11) is 0. The summed E-state index contributed by atoms with van der Waals surface area (Å²) in [6.45, 7) is 2.03. The molecule has 3 atom stereocenters. The summed E-state index contributed by atoms with van der Waals surface area (Å²) >= 11 is 0. The fourth-order valence-electron chi connectivity index (χ4n) is 5.79. The molecule has 12 heteroatoms. The van der Waals surface area contributed by atoms with Crippen LogP contribution in [0.4, 0.5) is 31.1 Å². The summed E-state index contributed by atoms with van der Waals surface area (Å²) in [5, 5.41) is 11.4. The van der Waals surface area contributed by atoms with E-state index in [2.05, 4.69) is 5.32 Å². The van der Waals surface area contributed by atoms with Crippen LogP contribution < -0.4 is 5.32 Å². The van der Waals surface area contributed by atoms with Crippen LogP contribution in [0.25, 0.3) is 0 Å². The molecule has 1 aliphatic heterocycles. The van der Waals surface area contributed by atoms with Crippen molar-refractivity contribution in [3.63, 3.8) is 0 Å². The first kappa shape index (κ1) is 30.7. The van der Waals surface area contributed by atoms with Gasteiger partial charge in [0.1, 0.15) is 0 Å². The lowest BCUT2D eigenvalue weighted by Gasteiger charge is -2.41. The molecule has 0 radical (unpaired) electrons. The number of benzene rings is 2. The fraction of sp³-hybridized carbons (Fsp3) is 0.517. The highest BCUT2D eigenvalue weighted by Gasteiger charge is 2.40. The van der Waals surface area contributed by atoms with E-state index in [1.807, 2.05) is 30.3 Å². The molecule has 0 bridgehead atoms. The molecule has 1 heterocycles. The molecule has 2 amide bonds. The number of alkyl halides is 6. The zero-order valence-electron chi connectivity index (χ0n) is 22.3. The number of likely N-dealkylation sites (tertiary alicyclic amines) is 1. The first-order valence-corrected chi connectivity index (χ1v) is 13.5. The van der Waals surface area contributed by atoms with Gasteiger partial charge >= 0.3 is 18.4 Å². The molecule has 0 aromatic heterocycles. The van der Waals surface area contributed by atoms with E-state index in [0.29, 0.717) is 50.8 Å². The van der Waals surface area contributed by atoms with Gasteiger partial charge in [-0.3, -0.25) is 4.79 Å². The highest BCUT2D eigenvalue weighted by Crippen LogP contribution is 2.40. The highest BCUT2D eigenvalue weighted by molar-refractivity contribution is 5.79. The predicted octanol–water partition coefficient (Wildman–Crippen LogP) is 7.01. The zero-order valence-corrected chi connectivity index (χ0v) is 22.3. The Balaban J connectivity index is 1.51. The Morgan fingerprint density at radius 1 is 0.927 bits per heavy atom. The summed E-state index contributed by atoms with van der Waals surface area (Å²) < 4.78 is 86.7. The molecule has 2 fully saturated rings. The van der Waals surface area contributed by atoms with Gasteiger partial charge in [-0.1, -0.05) is 30.3 Å². The lowest BCUT2D eigenvalue weighted by molar-refractivity contribution is -0.143. The second-order valence-electron chi connectivity index (χ2n) is 10.7. The van der Waals surface area contributed by atoms with Crippen molar-refractivity contribution < 1.29 is 45.8 Å². The smallest absolute Gasteiger partial charge is 0.416 e. The van der Waals surface area contributed by atoms with Crippen molar-refractivity contribution >= 4 is 12.0 Å². The van der Waals surface area contributed by atoms with Crippen LogP contribution in [-0.2, 0) is 21.9 Å². The molecule has 0 unspecified atom stereocenters. The first-order chi connectivity index (χ1) is 19.2. The molecule has 2 aliphatic rings. The molecule has 2 N–H and O–H groups in total. The Morgan fingerprint density at radius 2 is 1.51 bits per heavy atom. The van der Waals surface area contributed by atoms with E-state index < -0.39 is 41.8 Å². The second-order valence-corrected chi connectivity index (χ2v) is 10.7. The van der Waals surface area contributed by atoms with Gasteiger partial charge in [0.05, 0.1) is 23.3 Å². The van der Waals surface area contributed by atoms with Gasteiger partial charge in [-0.2, -0.15) is 26.3 Å². The molecule has 2 aromatic rings. The molecule has 1 saturated carbocycles. The molecule has 6 nitrogen and oxygen atoms in total. The molecule has 41 heavy (non-hydrogen) atoms. The summed E-state index contributed by atoms with van der Waals surface area (Å²) in [4.78, 5) is 26.1. The largest absolute Gasteiger partial charge is 0.465 e. The van der Waals surface area contributed by atoms with E-state index in [4.69, 9.17) is 9.84 Å². The van der Waals surface area contributed by atoms with Crippen LogP contribution in [0.15, 0.2) is 48.5 Å². The van der Waals surface area contributed by atoms with Crippen molar-refractivity contribution in [2.24, 2.45) is 5.92 Å². The van der Waals surface area contributed by atoms with E-state index >= 15 is 0 Å². The highest BCUT2D eigenvalue weighted by atomic mass is 19.4. The number of carbonyl (C=O) groups is 2. The van der Waals surface area contributed by atoms with E-state index in [9.17, 15) is 35.9 Å². The number of carbonyl (C=O) groups excluding carboxylic acids is 1. The average Bonchev–Trinajstić information content (AvgIpc) is 2.92. The van der Waals surface area contributed by atoms with Gasteiger partial charge in [-0.15, -0.1) is 0 Å². The van der Waals surface area contributed by atoms with E-state index in [0.717, 1.165) is 5.56 Å². The number of hydrogen-bond donors (Lipinski definition) is 2. The summed E-state index contributed by atoms with van der Waals surface area (Å²) in [5.74, 6) is -0.645. The van der Waals surface area contributed by atoms with Crippen molar-refractivity contribution in [2.45, 2.75) is 75.5 Å². The third-order valence-corrected chi connectivity index (χ3v) is 7.95. The number of rotatable bonds is 6. The summed E-state index contributed by atoms with van der Waals surface area (Å²) in [5.41, 5.74) is -2.18. The second kappa shape index (κ2) is 12.3. The van der Waals surface area contributed by atoms with Gasteiger partial charge in [-0.25, -0.2) is 4.79 Å². The van der Waals surface area contributed by atoms with Gasteiger partial charge in [0.25, 0.3) is 0 Å². The average molecular weight is 587 g/mol. The third kappa shape index (κ3) is 7.72. The van der Waals surface area contributed by atoms with Crippen LogP contribution in [0.2, 0.25) is 0 Å². The molecule has 4 rings (SSSR count). The van der Waals surface area contributed by atoms with Crippen LogP contribution in [0.3, 0.4) is 0 Å². The third-order valence-electron chi connectivity index (χ3n) is 7.95. The molecular weight excluding hydrogens is 554 g/mol. The fourth-order valence-corrected chi connectivity index (χ4v) is 5.79. The van der Waals surface area contributed by atoms with Crippen molar-refractivity contribution in [2.75, 3.05) is 13.1 Å². The standard InChI is InChI=1S/C29H32F6N2O4/c1-17(20-13-21(28(30,31)32)15-22(14-20)29(33,34)35)41-25-11-12-37(16-24(25)18-5-3-2-4-6-18)26(38)19-7-9-23(10-8-19)36-27(39)40/h2-6,13-15,17,19,23-25,36H,7-12,16H2,1H3,(H,39,40)/t17-,19-,23-,24-,25-/m0/s1. The number of hydrogen-bond acceptors (Lipinski definition) is 3. The monoisotopic (exact) mass is 586 g/mol. The molecule has 0 spiro atoms. The minimum absolute atomic E-state index is 0.0427. The van der Waals surface area contributed by atoms with Crippen LogP contribution in [0.5, 0.6) is 0 Å². The van der Waals surface area contributed by atoms with Crippen LogP contribution in [0.1, 0.15) is 73.3 Å². The zero-order chi connectivity index (χ0) is 29.9. The maximum atomic E-state index is 13.4. The lowest BCUT2D eigenvalue weighted by atomic mass is 9.83. The molecule has 224 valence electrons. The normalized spacial score (nSPS) is 24.5. The molecule has 2 aromatic carbocycles. The quantitative estimate of drug-likeness (QED) is 0.357. The SMILES string of the molecule is C[C@H](O[C@H]1CCN(C(=O)[C@H]2CC[C@H](NC(=O)O)CC2)C[C@H]1c1ccccc1)c1cc(C(F)(F)F)cc(C(F)(F)F)c1. The Hall–Kier alpha value is -3.28. The van der Waals surface area contributed by atoms with Gasteiger partial charge < -0.3 is 20.1 Å². The van der Waals surface area contributed by atoms with Crippen molar-refractivity contribution in [3.05, 3.63) is 70.8 Å². The number of amides is 2. The number of nitrogens with one attached hydrogen (secondary N) is 1. The van der Waals surface area contributed by atoms with Crippen LogP contribution >= 0.6 is 0 Å². The van der Waals surface area contributed by atoms with Crippen LogP contribution in [-0.4, -0.2) is 47.2 Å². The first-order valence-electron chi connectivity index (χ1n) is 13.5. The number of piperidine rings is 1. The number of halogens is 6. The van der Waals surface area contributed by atoms with E-state index in [1.165, 1.54) is 6.92 Å². The summed E-state index contributed by atoms with van der Waals surface area (Å²) in [6, 6.07) is 10.4. The molecular formula is C29H32F6N2O4. The maximum Gasteiger partial charge on any atom is 0.416 e. The van der Waals surface area contributed by atoms with Gasteiger partial charge in [0.15, 0.2) is 0 Å². The minimum Gasteiger partial charge on any atom is -0.465 e. The van der Waals surface area contributed by atoms with E-state index in [1.54, 1.807) is 4.90 Å².